The molecule has 0 spiro atoms. The van der Waals surface area contributed by atoms with Gasteiger partial charge in [-0.05, 0) is 56.3 Å². The number of carbonyl (C=O) groups excluding carboxylic acids is 1. The second-order valence-electron chi connectivity index (χ2n) is 7.34. The molecule has 1 amide bonds. The normalized spacial score (nSPS) is 13.0. The Kier molecular flexibility index (Phi) is 5.40. The Labute approximate surface area is 180 Å². The van der Waals surface area contributed by atoms with E-state index in [1.807, 2.05) is 44.2 Å². The lowest BCUT2D eigenvalue weighted by Crippen LogP contribution is -2.33. The lowest BCUT2D eigenvalue weighted by molar-refractivity contribution is 0.103. The number of benzene rings is 2. The van der Waals surface area contributed by atoms with Crippen LogP contribution in [0, 0.1) is 0 Å². The number of hydrogen-bond acceptors (Lipinski definition) is 5. The average molecular weight is 443 g/mol. The predicted molar refractivity (Wildman–Crippen MR) is 119 cm³/mol. The predicted octanol–water partition coefficient (Wildman–Crippen LogP) is 4.59. The van der Waals surface area contributed by atoms with Crippen LogP contribution in [0.5, 0.6) is 5.75 Å². The van der Waals surface area contributed by atoms with Gasteiger partial charge in [0.15, 0.2) is 0 Å². The van der Waals surface area contributed by atoms with Gasteiger partial charge in [0.25, 0.3) is 5.91 Å². The molecule has 0 fully saturated rings. The second-order valence-corrected chi connectivity index (χ2v) is 10.4. The van der Waals surface area contributed by atoms with Gasteiger partial charge in [0.05, 0.1) is 9.77 Å². The Bertz CT molecular complexity index is 1200. The molecule has 0 saturated heterocycles. The summed E-state index contributed by atoms with van der Waals surface area (Å²) < 4.78 is 32.2. The molecule has 2 heterocycles. The lowest BCUT2D eigenvalue weighted by Gasteiger charge is -2.21. The molecule has 1 aliphatic heterocycles. The highest BCUT2D eigenvalue weighted by Gasteiger charge is 2.24. The lowest BCUT2D eigenvalue weighted by atomic mass is 10.1. The molecular weight excluding hydrogens is 420 g/mol. The maximum Gasteiger partial charge on any atom is 0.265 e. The molecule has 0 bridgehead atoms. The van der Waals surface area contributed by atoms with Crippen LogP contribution >= 0.6 is 11.3 Å². The Morgan fingerprint density at radius 1 is 1.13 bits per heavy atom. The summed E-state index contributed by atoms with van der Waals surface area (Å²) in [4.78, 5) is 14.6. The summed E-state index contributed by atoms with van der Waals surface area (Å²) in [5, 5.41) is 2.84. The van der Waals surface area contributed by atoms with Gasteiger partial charge in [-0.2, -0.15) is 4.31 Å². The summed E-state index contributed by atoms with van der Waals surface area (Å²) in [5.41, 5.74) is 2.52. The highest BCUT2D eigenvalue weighted by atomic mass is 32.2. The van der Waals surface area contributed by atoms with E-state index in [4.69, 9.17) is 4.74 Å². The molecule has 2 aromatic carbocycles. The molecule has 8 heteroatoms. The summed E-state index contributed by atoms with van der Waals surface area (Å²) in [5.74, 6) is 0.587. The minimum absolute atomic E-state index is 0.145. The van der Waals surface area contributed by atoms with Crippen LogP contribution in [0.2, 0.25) is 0 Å². The van der Waals surface area contributed by atoms with E-state index < -0.39 is 10.0 Å². The van der Waals surface area contributed by atoms with Gasteiger partial charge in [-0.15, -0.1) is 11.3 Å². The first-order valence-electron chi connectivity index (χ1n) is 9.51. The zero-order chi connectivity index (χ0) is 21.5. The summed E-state index contributed by atoms with van der Waals surface area (Å²) >= 11 is 1.43. The van der Waals surface area contributed by atoms with Crippen LogP contribution < -0.4 is 10.1 Å². The number of nitrogens with zero attached hydrogens (tertiary/aromatic N) is 1. The smallest absolute Gasteiger partial charge is 0.265 e. The Morgan fingerprint density at radius 3 is 2.53 bits per heavy atom. The number of carbonyl (C=O) groups is 1. The molecule has 1 aromatic heterocycles. The largest absolute Gasteiger partial charge is 0.488 e. The van der Waals surface area contributed by atoms with Crippen molar-refractivity contribution in [3.05, 3.63) is 65.0 Å². The standard InChI is InChI=1S/C22H22N2O4S2/c1-14(2)24(3)30(26,27)17-10-8-16(9-11-17)23-22(25)20-12-15-13-28-19-7-5-4-6-18(19)21(15)29-20/h4-12,14H,13H2,1-3H3,(H,23,25). The molecule has 30 heavy (non-hydrogen) atoms. The Hall–Kier alpha value is -2.68. The third-order valence-corrected chi connectivity index (χ3v) is 8.32. The summed E-state index contributed by atoms with van der Waals surface area (Å²) in [6, 6.07) is 15.7. The van der Waals surface area contributed by atoms with Crippen LogP contribution in [0.4, 0.5) is 5.69 Å². The maximum atomic E-state index is 12.8. The van der Waals surface area contributed by atoms with Crippen molar-refractivity contribution in [1.29, 1.82) is 0 Å². The topological polar surface area (TPSA) is 75.7 Å². The Balaban J connectivity index is 1.53. The summed E-state index contributed by atoms with van der Waals surface area (Å²) in [6.45, 7) is 4.07. The second kappa shape index (κ2) is 7.86. The van der Waals surface area contributed by atoms with Gasteiger partial charge in [-0.1, -0.05) is 12.1 Å². The molecule has 1 aliphatic rings. The van der Waals surface area contributed by atoms with Gasteiger partial charge < -0.3 is 10.1 Å². The van der Waals surface area contributed by atoms with Crippen molar-refractivity contribution in [2.45, 2.75) is 31.4 Å². The molecule has 156 valence electrons. The van der Waals surface area contributed by atoms with E-state index in [0.717, 1.165) is 21.8 Å². The molecular formula is C22H22N2O4S2. The van der Waals surface area contributed by atoms with Gasteiger partial charge in [0.2, 0.25) is 10.0 Å². The molecule has 1 N–H and O–H groups in total. The molecule has 6 nitrogen and oxygen atoms in total. The highest BCUT2D eigenvalue weighted by Crippen LogP contribution is 2.42. The highest BCUT2D eigenvalue weighted by molar-refractivity contribution is 7.89. The van der Waals surface area contributed by atoms with Gasteiger partial charge in [0, 0.05) is 34.8 Å². The fourth-order valence-corrected chi connectivity index (χ4v) is 5.62. The van der Waals surface area contributed by atoms with E-state index in [-0.39, 0.29) is 16.8 Å². The van der Waals surface area contributed by atoms with Gasteiger partial charge in [-0.3, -0.25) is 4.79 Å². The number of thiophene rings is 1. The zero-order valence-corrected chi connectivity index (χ0v) is 18.5. The van der Waals surface area contributed by atoms with Crippen molar-refractivity contribution < 1.29 is 17.9 Å². The van der Waals surface area contributed by atoms with E-state index in [1.165, 1.54) is 27.8 Å². The van der Waals surface area contributed by atoms with Crippen LogP contribution in [0.25, 0.3) is 10.4 Å². The van der Waals surface area contributed by atoms with Crippen LogP contribution in [0.15, 0.2) is 59.5 Å². The number of ether oxygens (including phenoxy) is 1. The number of hydrogen-bond donors (Lipinski definition) is 1. The maximum absolute atomic E-state index is 12.8. The molecule has 0 saturated carbocycles. The number of anilines is 1. The Morgan fingerprint density at radius 2 is 1.83 bits per heavy atom. The van der Waals surface area contributed by atoms with Crippen molar-refractivity contribution in [2.75, 3.05) is 12.4 Å². The van der Waals surface area contributed by atoms with E-state index in [1.54, 1.807) is 19.2 Å². The minimum atomic E-state index is -3.56. The van der Waals surface area contributed by atoms with Crippen molar-refractivity contribution in [3.63, 3.8) is 0 Å². The van der Waals surface area contributed by atoms with E-state index in [9.17, 15) is 13.2 Å². The third kappa shape index (κ3) is 3.74. The number of nitrogens with one attached hydrogen (secondary N) is 1. The number of sulfonamides is 1. The van der Waals surface area contributed by atoms with E-state index >= 15 is 0 Å². The molecule has 0 radical (unpaired) electrons. The fourth-order valence-electron chi connectivity index (χ4n) is 3.16. The minimum Gasteiger partial charge on any atom is -0.488 e. The monoisotopic (exact) mass is 442 g/mol. The summed E-state index contributed by atoms with van der Waals surface area (Å²) in [6.07, 6.45) is 0. The molecule has 0 atom stereocenters. The van der Waals surface area contributed by atoms with Crippen LogP contribution in [0.3, 0.4) is 0 Å². The van der Waals surface area contributed by atoms with Crippen molar-refractivity contribution in [3.8, 4) is 16.2 Å². The fraction of sp³-hybridized carbons (Fsp3) is 0.227. The molecule has 3 aromatic rings. The molecule has 0 unspecified atom stereocenters. The number of para-hydroxylation sites is 1. The third-order valence-electron chi connectivity index (χ3n) is 5.06. The van der Waals surface area contributed by atoms with Gasteiger partial charge in [-0.25, -0.2) is 8.42 Å². The van der Waals surface area contributed by atoms with E-state index in [2.05, 4.69) is 5.32 Å². The first-order chi connectivity index (χ1) is 14.3. The van der Waals surface area contributed by atoms with Crippen molar-refractivity contribution in [2.24, 2.45) is 0 Å². The zero-order valence-electron chi connectivity index (χ0n) is 16.9. The SMILES string of the molecule is CC(C)N(C)S(=O)(=O)c1ccc(NC(=O)c2cc3c(s2)-c2ccccc2OC3)cc1. The number of rotatable bonds is 5. The average Bonchev–Trinajstić information content (AvgIpc) is 3.18. The first kappa shape index (κ1) is 20.6. The van der Waals surface area contributed by atoms with Crippen LogP contribution in [-0.4, -0.2) is 31.7 Å². The van der Waals surface area contributed by atoms with Crippen LogP contribution in [0.1, 0.15) is 29.1 Å². The summed E-state index contributed by atoms with van der Waals surface area (Å²) in [7, 11) is -2.01. The number of fused-ring (bicyclic) bond motifs is 3. The van der Waals surface area contributed by atoms with Crippen molar-refractivity contribution in [1.82, 2.24) is 4.31 Å². The molecule has 4 rings (SSSR count). The first-order valence-corrected chi connectivity index (χ1v) is 11.8. The van der Waals surface area contributed by atoms with E-state index in [0.29, 0.717) is 17.2 Å². The van der Waals surface area contributed by atoms with Crippen LogP contribution in [-0.2, 0) is 16.6 Å². The van der Waals surface area contributed by atoms with Gasteiger partial charge in [0.1, 0.15) is 12.4 Å². The number of amides is 1. The van der Waals surface area contributed by atoms with Gasteiger partial charge >= 0.3 is 0 Å². The molecule has 0 aliphatic carbocycles. The van der Waals surface area contributed by atoms with Crippen molar-refractivity contribution >= 4 is 33.0 Å². The quantitative estimate of drug-likeness (QED) is 0.627.